The first-order valence-corrected chi connectivity index (χ1v) is 8.19. The van der Waals surface area contributed by atoms with E-state index in [1.54, 1.807) is 16.9 Å². The van der Waals surface area contributed by atoms with Crippen molar-refractivity contribution in [1.29, 1.82) is 0 Å². The minimum atomic E-state index is -0.502. The van der Waals surface area contributed by atoms with E-state index >= 15 is 0 Å². The van der Waals surface area contributed by atoms with Gasteiger partial charge in [-0.2, -0.15) is 5.10 Å². The average Bonchev–Trinajstić information content (AvgIpc) is 3.39. The van der Waals surface area contributed by atoms with Gasteiger partial charge in [-0.25, -0.2) is 9.36 Å². The molecular formula is C18H13N7O3. The number of carbonyl (C=O) groups excluding carboxylic acids is 1. The number of benzene rings is 2. The minimum absolute atomic E-state index is 0.0685. The average molecular weight is 375 g/mol. The maximum absolute atomic E-state index is 12.4. The summed E-state index contributed by atoms with van der Waals surface area (Å²) < 4.78 is 2.94. The standard InChI is InChI=1S/C18H13N7O3/c26-18(20-13-10-19-23(11-13)14-5-2-1-3-6-14)17-12-24(22-21-17)15-7-4-8-16(9-15)25(27)28/h1-12H,(H,20,26). The summed E-state index contributed by atoms with van der Waals surface area (Å²) in [7, 11) is 0. The first-order valence-electron chi connectivity index (χ1n) is 8.19. The molecule has 0 radical (unpaired) electrons. The van der Waals surface area contributed by atoms with E-state index in [-0.39, 0.29) is 11.4 Å². The Balaban J connectivity index is 1.50. The highest BCUT2D eigenvalue weighted by Crippen LogP contribution is 2.17. The molecule has 0 aliphatic rings. The number of nitro groups is 1. The summed E-state index contributed by atoms with van der Waals surface area (Å²) in [5.74, 6) is -0.468. The van der Waals surface area contributed by atoms with E-state index in [0.29, 0.717) is 11.4 Å². The summed E-state index contributed by atoms with van der Waals surface area (Å²) >= 11 is 0. The Morgan fingerprint density at radius 1 is 1.00 bits per heavy atom. The summed E-state index contributed by atoms with van der Waals surface area (Å²) in [6.07, 6.45) is 4.60. The largest absolute Gasteiger partial charge is 0.318 e. The second-order valence-corrected chi connectivity index (χ2v) is 5.79. The topological polar surface area (TPSA) is 121 Å². The van der Waals surface area contributed by atoms with Crippen LogP contribution in [-0.4, -0.2) is 35.6 Å². The van der Waals surface area contributed by atoms with Gasteiger partial charge in [0.05, 0.1) is 40.6 Å². The van der Waals surface area contributed by atoms with E-state index in [2.05, 4.69) is 20.7 Å². The van der Waals surface area contributed by atoms with Gasteiger partial charge in [-0.3, -0.25) is 14.9 Å². The maximum atomic E-state index is 12.4. The van der Waals surface area contributed by atoms with E-state index in [4.69, 9.17) is 0 Å². The van der Waals surface area contributed by atoms with Crippen LogP contribution in [0.15, 0.2) is 73.2 Å². The van der Waals surface area contributed by atoms with Crippen LogP contribution in [0.1, 0.15) is 10.5 Å². The number of carbonyl (C=O) groups is 1. The zero-order valence-corrected chi connectivity index (χ0v) is 14.3. The Labute approximate surface area is 158 Å². The number of hydrogen-bond donors (Lipinski definition) is 1. The lowest BCUT2D eigenvalue weighted by Gasteiger charge is -2.00. The van der Waals surface area contributed by atoms with Gasteiger partial charge in [0.2, 0.25) is 0 Å². The summed E-state index contributed by atoms with van der Waals surface area (Å²) in [5.41, 5.74) is 1.78. The van der Waals surface area contributed by atoms with Gasteiger partial charge in [-0.05, 0) is 18.2 Å². The molecule has 1 amide bonds. The molecule has 0 unspecified atom stereocenters. The molecule has 0 fully saturated rings. The van der Waals surface area contributed by atoms with Crippen LogP contribution in [0.25, 0.3) is 11.4 Å². The third kappa shape index (κ3) is 3.46. The summed E-state index contributed by atoms with van der Waals surface area (Å²) in [5, 5.41) is 25.5. The minimum Gasteiger partial charge on any atom is -0.318 e. The second kappa shape index (κ2) is 7.11. The van der Waals surface area contributed by atoms with E-state index in [9.17, 15) is 14.9 Å². The molecule has 10 nitrogen and oxygen atoms in total. The van der Waals surface area contributed by atoms with Crippen molar-refractivity contribution in [3.63, 3.8) is 0 Å². The van der Waals surface area contributed by atoms with E-state index in [0.717, 1.165) is 5.69 Å². The molecule has 2 aromatic heterocycles. The van der Waals surface area contributed by atoms with Crippen LogP contribution in [0.2, 0.25) is 0 Å². The van der Waals surface area contributed by atoms with Crippen LogP contribution in [-0.2, 0) is 0 Å². The fraction of sp³-hybridized carbons (Fsp3) is 0. The predicted molar refractivity (Wildman–Crippen MR) is 99.5 cm³/mol. The highest BCUT2D eigenvalue weighted by Gasteiger charge is 2.14. The second-order valence-electron chi connectivity index (χ2n) is 5.79. The fourth-order valence-electron chi connectivity index (χ4n) is 2.55. The van der Waals surface area contributed by atoms with Gasteiger partial charge in [0.25, 0.3) is 11.6 Å². The maximum Gasteiger partial charge on any atom is 0.277 e. The van der Waals surface area contributed by atoms with Crippen LogP contribution in [0.4, 0.5) is 11.4 Å². The molecule has 28 heavy (non-hydrogen) atoms. The Bertz CT molecular complexity index is 1150. The van der Waals surface area contributed by atoms with Crippen LogP contribution in [0.3, 0.4) is 0 Å². The molecule has 0 aliphatic heterocycles. The molecule has 4 rings (SSSR count). The van der Waals surface area contributed by atoms with Crippen LogP contribution >= 0.6 is 0 Å². The zero-order valence-electron chi connectivity index (χ0n) is 14.3. The summed E-state index contributed by atoms with van der Waals surface area (Å²) in [6, 6.07) is 15.4. The third-order valence-corrected chi connectivity index (χ3v) is 3.89. The van der Waals surface area contributed by atoms with Gasteiger partial charge in [0, 0.05) is 12.1 Å². The molecule has 1 N–H and O–H groups in total. The molecule has 0 spiro atoms. The summed E-state index contributed by atoms with van der Waals surface area (Å²) in [6.45, 7) is 0. The van der Waals surface area contributed by atoms with Crippen LogP contribution < -0.4 is 5.32 Å². The van der Waals surface area contributed by atoms with Gasteiger partial charge >= 0.3 is 0 Å². The van der Waals surface area contributed by atoms with Crippen molar-refractivity contribution in [3.05, 3.63) is 89.0 Å². The smallest absolute Gasteiger partial charge is 0.277 e. The number of non-ortho nitro benzene ring substituents is 1. The van der Waals surface area contributed by atoms with Crippen LogP contribution in [0, 0.1) is 10.1 Å². The molecule has 0 saturated carbocycles. The normalized spacial score (nSPS) is 10.6. The van der Waals surface area contributed by atoms with Gasteiger partial charge < -0.3 is 5.32 Å². The zero-order chi connectivity index (χ0) is 19.5. The number of hydrogen-bond acceptors (Lipinski definition) is 6. The fourth-order valence-corrected chi connectivity index (χ4v) is 2.55. The monoisotopic (exact) mass is 375 g/mol. The first kappa shape index (κ1) is 17.1. The van der Waals surface area contributed by atoms with Gasteiger partial charge in [-0.15, -0.1) is 5.10 Å². The quantitative estimate of drug-likeness (QED) is 0.423. The Kier molecular flexibility index (Phi) is 4.34. The Morgan fingerprint density at radius 2 is 1.79 bits per heavy atom. The molecule has 0 atom stereocenters. The first-order chi connectivity index (χ1) is 13.6. The lowest BCUT2D eigenvalue weighted by molar-refractivity contribution is -0.384. The Hall–Kier alpha value is -4.34. The van der Waals surface area contributed by atoms with Crippen molar-refractivity contribution in [2.45, 2.75) is 0 Å². The predicted octanol–water partition coefficient (Wildman–Crippen LogP) is 2.61. The number of nitro benzene ring substituents is 1. The van der Waals surface area contributed by atoms with Crippen molar-refractivity contribution < 1.29 is 9.72 Å². The molecule has 0 aliphatic carbocycles. The van der Waals surface area contributed by atoms with Gasteiger partial charge in [0.1, 0.15) is 0 Å². The lowest BCUT2D eigenvalue weighted by atomic mass is 10.3. The molecule has 2 aromatic carbocycles. The van der Waals surface area contributed by atoms with E-state index in [1.165, 1.54) is 35.3 Å². The number of nitrogens with zero attached hydrogens (tertiary/aromatic N) is 6. The molecule has 4 aromatic rings. The number of aromatic nitrogens is 5. The van der Waals surface area contributed by atoms with Crippen LogP contribution in [0.5, 0.6) is 0 Å². The number of anilines is 1. The number of rotatable bonds is 5. The molecular weight excluding hydrogens is 362 g/mol. The van der Waals surface area contributed by atoms with Crippen molar-refractivity contribution in [3.8, 4) is 11.4 Å². The molecule has 0 saturated heterocycles. The molecule has 10 heteroatoms. The summed E-state index contributed by atoms with van der Waals surface area (Å²) in [4.78, 5) is 22.8. The van der Waals surface area contributed by atoms with Crippen molar-refractivity contribution in [2.24, 2.45) is 0 Å². The van der Waals surface area contributed by atoms with Crippen molar-refractivity contribution in [2.75, 3.05) is 5.32 Å². The van der Waals surface area contributed by atoms with Gasteiger partial charge in [0.15, 0.2) is 5.69 Å². The number of nitrogens with one attached hydrogen (secondary N) is 1. The molecule has 0 bridgehead atoms. The molecule has 2 heterocycles. The van der Waals surface area contributed by atoms with Crippen molar-refractivity contribution >= 4 is 17.3 Å². The van der Waals surface area contributed by atoms with E-state index < -0.39 is 10.8 Å². The molecule has 138 valence electrons. The highest BCUT2D eigenvalue weighted by molar-refractivity contribution is 6.02. The van der Waals surface area contributed by atoms with Crippen molar-refractivity contribution in [1.82, 2.24) is 24.8 Å². The number of para-hydroxylation sites is 1. The highest BCUT2D eigenvalue weighted by atomic mass is 16.6. The Morgan fingerprint density at radius 3 is 2.57 bits per heavy atom. The third-order valence-electron chi connectivity index (χ3n) is 3.89. The van der Waals surface area contributed by atoms with E-state index in [1.807, 2.05) is 30.3 Å². The van der Waals surface area contributed by atoms with Gasteiger partial charge in [-0.1, -0.05) is 29.5 Å². The lowest BCUT2D eigenvalue weighted by Crippen LogP contribution is -2.11. The SMILES string of the molecule is O=C(Nc1cnn(-c2ccccc2)c1)c1cn(-c2cccc([N+](=O)[O-])c2)nn1. The number of amides is 1.